The van der Waals surface area contributed by atoms with Crippen molar-refractivity contribution in [2.75, 3.05) is 17.2 Å². The largest absolute Gasteiger partial charge is 0.506 e. The molecule has 0 spiro atoms. The van der Waals surface area contributed by atoms with Crippen LogP contribution >= 0.6 is 0 Å². The summed E-state index contributed by atoms with van der Waals surface area (Å²) >= 11 is 0. The molecule has 1 atom stereocenters. The van der Waals surface area contributed by atoms with E-state index in [2.05, 4.69) is 0 Å². The van der Waals surface area contributed by atoms with Gasteiger partial charge in [-0.25, -0.2) is 8.42 Å². The Bertz CT molecular complexity index is 496. The Kier molecular flexibility index (Phi) is 2.80. The lowest BCUT2D eigenvalue weighted by molar-refractivity contribution is 0.476. The molecule has 0 saturated carbocycles. The lowest BCUT2D eigenvalue weighted by atomic mass is 9.97. The molecule has 5 heteroatoms. The van der Waals surface area contributed by atoms with Gasteiger partial charge in [0.1, 0.15) is 5.75 Å². The summed E-state index contributed by atoms with van der Waals surface area (Å²) in [5.74, 6) is 0.714. The summed E-state index contributed by atoms with van der Waals surface area (Å²) in [5, 5.41) is 9.43. The predicted molar refractivity (Wildman–Crippen MR) is 63.0 cm³/mol. The highest BCUT2D eigenvalue weighted by Crippen LogP contribution is 2.29. The second-order valence-corrected chi connectivity index (χ2v) is 6.55. The van der Waals surface area contributed by atoms with E-state index in [1.165, 1.54) is 6.07 Å². The van der Waals surface area contributed by atoms with E-state index in [9.17, 15) is 13.5 Å². The van der Waals surface area contributed by atoms with E-state index >= 15 is 0 Å². The third kappa shape index (κ3) is 2.29. The highest BCUT2D eigenvalue weighted by molar-refractivity contribution is 7.91. The Labute approximate surface area is 95.0 Å². The van der Waals surface area contributed by atoms with Gasteiger partial charge in [0.15, 0.2) is 9.84 Å². The van der Waals surface area contributed by atoms with Crippen LogP contribution in [0.1, 0.15) is 12.0 Å². The first kappa shape index (κ1) is 11.3. The van der Waals surface area contributed by atoms with E-state index in [0.717, 1.165) is 5.56 Å². The molecular formula is C11H15NO3S. The lowest BCUT2D eigenvalue weighted by Crippen LogP contribution is -2.08. The SMILES string of the molecule is Nc1c(O)cccc1CC1CCS(=O)(=O)C1. The number of phenolic OH excluding ortho intramolecular Hbond substituents is 1. The molecule has 0 bridgehead atoms. The Morgan fingerprint density at radius 1 is 1.44 bits per heavy atom. The van der Waals surface area contributed by atoms with Crippen LogP contribution in [-0.4, -0.2) is 25.0 Å². The van der Waals surface area contributed by atoms with Crippen LogP contribution in [0, 0.1) is 5.92 Å². The summed E-state index contributed by atoms with van der Waals surface area (Å²) in [5.41, 5.74) is 6.93. The van der Waals surface area contributed by atoms with Crippen LogP contribution in [0.25, 0.3) is 0 Å². The van der Waals surface area contributed by atoms with Crippen molar-refractivity contribution in [1.29, 1.82) is 0 Å². The minimum absolute atomic E-state index is 0.0679. The van der Waals surface area contributed by atoms with Crippen LogP contribution in [0.3, 0.4) is 0 Å². The van der Waals surface area contributed by atoms with Crippen LogP contribution in [0.4, 0.5) is 5.69 Å². The van der Waals surface area contributed by atoms with Gasteiger partial charge in [0.2, 0.25) is 0 Å². The van der Waals surface area contributed by atoms with E-state index < -0.39 is 9.84 Å². The van der Waals surface area contributed by atoms with Crippen LogP contribution in [0.15, 0.2) is 18.2 Å². The Balaban J connectivity index is 2.14. The molecular weight excluding hydrogens is 226 g/mol. The van der Waals surface area contributed by atoms with Gasteiger partial charge in [0.05, 0.1) is 17.2 Å². The van der Waals surface area contributed by atoms with Crippen LogP contribution < -0.4 is 5.73 Å². The van der Waals surface area contributed by atoms with E-state index in [0.29, 0.717) is 18.5 Å². The average molecular weight is 241 g/mol. The number of aromatic hydroxyl groups is 1. The van der Waals surface area contributed by atoms with Gasteiger partial charge in [0, 0.05) is 0 Å². The molecule has 3 N–H and O–H groups in total. The summed E-state index contributed by atoms with van der Waals surface area (Å²) in [6, 6.07) is 5.09. The van der Waals surface area contributed by atoms with Crippen molar-refractivity contribution in [3.05, 3.63) is 23.8 Å². The molecule has 2 rings (SSSR count). The normalized spacial score (nSPS) is 23.4. The molecule has 1 saturated heterocycles. The maximum absolute atomic E-state index is 11.3. The molecule has 16 heavy (non-hydrogen) atoms. The zero-order valence-corrected chi connectivity index (χ0v) is 9.70. The van der Waals surface area contributed by atoms with Gasteiger partial charge >= 0.3 is 0 Å². The molecule has 1 heterocycles. The fourth-order valence-electron chi connectivity index (χ4n) is 2.12. The zero-order chi connectivity index (χ0) is 11.8. The molecule has 1 aromatic rings. The number of para-hydroxylation sites is 1. The van der Waals surface area contributed by atoms with E-state index in [1.807, 2.05) is 6.07 Å². The average Bonchev–Trinajstić information content (AvgIpc) is 2.53. The van der Waals surface area contributed by atoms with Crippen LogP contribution in [0.2, 0.25) is 0 Å². The maximum Gasteiger partial charge on any atom is 0.150 e. The third-order valence-electron chi connectivity index (χ3n) is 3.01. The molecule has 1 aliphatic rings. The summed E-state index contributed by atoms with van der Waals surface area (Å²) in [7, 11) is -2.84. The summed E-state index contributed by atoms with van der Waals surface area (Å²) in [4.78, 5) is 0. The Morgan fingerprint density at radius 3 is 2.81 bits per heavy atom. The standard InChI is InChI=1S/C11H15NO3S/c12-11-9(2-1-3-10(11)13)6-8-4-5-16(14,15)7-8/h1-3,8,13H,4-7,12H2. The zero-order valence-electron chi connectivity index (χ0n) is 8.89. The van der Waals surface area contributed by atoms with Gasteiger partial charge in [-0.15, -0.1) is 0 Å². The number of hydrogen-bond donors (Lipinski definition) is 2. The van der Waals surface area contributed by atoms with Gasteiger partial charge < -0.3 is 10.8 Å². The summed E-state index contributed by atoms with van der Waals surface area (Å²) in [6.07, 6.45) is 1.32. The Morgan fingerprint density at radius 2 is 2.19 bits per heavy atom. The molecule has 1 aromatic carbocycles. The minimum Gasteiger partial charge on any atom is -0.506 e. The van der Waals surface area contributed by atoms with E-state index in [1.54, 1.807) is 6.07 Å². The van der Waals surface area contributed by atoms with Crippen molar-refractivity contribution >= 4 is 15.5 Å². The second kappa shape index (κ2) is 3.97. The minimum atomic E-state index is -2.84. The number of rotatable bonds is 2. The summed E-state index contributed by atoms with van der Waals surface area (Å²) < 4.78 is 22.6. The smallest absolute Gasteiger partial charge is 0.150 e. The molecule has 0 aromatic heterocycles. The molecule has 1 aliphatic heterocycles. The lowest BCUT2D eigenvalue weighted by Gasteiger charge is -2.10. The molecule has 0 radical (unpaired) electrons. The first-order valence-corrected chi connectivity index (χ1v) is 7.07. The highest BCUT2D eigenvalue weighted by atomic mass is 32.2. The predicted octanol–water partition coefficient (Wildman–Crippen LogP) is 0.952. The fourth-order valence-corrected chi connectivity index (χ4v) is 3.98. The molecule has 88 valence electrons. The molecule has 4 nitrogen and oxygen atoms in total. The number of phenols is 1. The number of nitrogen functional groups attached to an aromatic ring is 1. The van der Waals surface area contributed by atoms with Crippen LogP contribution in [0.5, 0.6) is 5.75 Å². The number of nitrogens with two attached hydrogens (primary N) is 1. The summed E-state index contributed by atoms with van der Waals surface area (Å²) in [6.45, 7) is 0. The van der Waals surface area contributed by atoms with Crippen molar-refractivity contribution in [2.24, 2.45) is 5.92 Å². The first-order valence-electron chi connectivity index (χ1n) is 5.25. The molecule has 0 aliphatic carbocycles. The van der Waals surface area contributed by atoms with Crippen molar-refractivity contribution in [3.63, 3.8) is 0 Å². The van der Waals surface area contributed by atoms with Crippen molar-refractivity contribution < 1.29 is 13.5 Å². The van der Waals surface area contributed by atoms with Crippen molar-refractivity contribution in [2.45, 2.75) is 12.8 Å². The molecule has 1 unspecified atom stereocenters. The van der Waals surface area contributed by atoms with Gasteiger partial charge in [0.25, 0.3) is 0 Å². The monoisotopic (exact) mass is 241 g/mol. The number of hydrogen-bond acceptors (Lipinski definition) is 4. The number of sulfone groups is 1. The first-order chi connectivity index (χ1) is 7.48. The van der Waals surface area contributed by atoms with Gasteiger partial charge in [-0.3, -0.25) is 0 Å². The molecule has 1 fully saturated rings. The Hall–Kier alpha value is -1.23. The van der Waals surface area contributed by atoms with Gasteiger partial charge in [-0.05, 0) is 30.4 Å². The number of benzene rings is 1. The molecule has 0 amide bonds. The van der Waals surface area contributed by atoms with Gasteiger partial charge in [-0.2, -0.15) is 0 Å². The van der Waals surface area contributed by atoms with E-state index in [-0.39, 0.29) is 23.2 Å². The quantitative estimate of drug-likeness (QED) is 0.597. The van der Waals surface area contributed by atoms with Crippen molar-refractivity contribution in [1.82, 2.24) is 0 Å². The van der Waals surface area contributed by atoms with E-state index in [4.69, 9.17) is 5.73 Å². The maximum atomic E-state index is 11.3. The fraction of sp³-hybridized carbons (Fsp3) is 0.455. The van der Waals surface area contributed by atoms with Crippen molar-refractivity contribution in [3.8, 4) is 5.75 Å². The van der Waals surface area contributed by atoms with Gasteiger partial charge in [-0.1, -0.05) is 12.1 Å². The highest BCUT2D eigenvalue weighted by Gasteiger charge is 2.28. The second-order valence-electron chi connectivity index (χ2n) is 4.32. The topological polar surface area (TPSA) is 80.4 Å². The number of anilines is 1. The van der Waals surface area contributed by atoms with Crippen LogP contribution in [-0.2, 0) is 16.3 Å². The third-order valence-corrected chi connectivity index (χ3v) is 4.85.